The first-order chi connectivity index (χ1) is 12.0. The van der Waals surface area contributed by atoms with Crippen LogP contribution in [0.25, 0.3) is 6.08 Å². The fourth-order valence-electron chi connectivity index (χ4n) is 2.46. The lowest BCUT2D eigenvalue weighted by Gasteiger charge is -2.22. The number of carbonyl (C=O) groups excluding carboxylic acids is 2. The predicted octanol–water partition coefficient (Wildman–Crippen LogP) is 3.49. The van der Waals surface area contributed by atoms with Crippen molar-refractivity contribution in [1.29, 1.82) is 0 Å². The van der Waals surface area contributed by atoms with E-state index in [-0.39, 0.29) is 17.9 Å². The number of thioether (sulfide) groups is 2. The molecule has 0 spiro atoms. The Morgan fingerprint density at radius 1 is 1.36 bits per heavy atom. The van der Waals surface area contributed by atoms with Gasteiger partial charge in [-0.2, -0.15) is 0 Å². The van der Waals surface area contributed by atoms with E-state index in [4.69, 9.17) is 0 Å². The SMILES string of the molecule is CSc1ccc(/C=C/C(=O)N2CSCC2C(=O)NCCC(C)C)cc1. The largest absolute Gasteiger partial charge is 0.354 e. The highest BCUT2D eigenvalue weighted by atomic mass is 32.2. The Hall–Kier alpha value is -1.40. The predicted molar refractivity (Wildman–Crippen MR) is 108 cm³/mol. The Balaban J connectivity index is 1.92. The van der Waals surface area contributed by atoms with Crippen molar-refractivity contribution in [3.8, 4) is 0 Å². The number of hydrogen-bond donors (Lipinski definition) is 1. The second kappa shape index (κ2) is 9.92. The van der Waals surface area contributed by atoms with Gasteiger partial charge in [0.25, 0.3) is 0 Å². The molecule has 1 aliphatic rings. The van der Waals surface area contributed by atoms with Crippen LogP contribution in [-0.4, -0.2) is 47.2 Å². The molecule has 1 aromatic rings. The van der Waals surface area contributed by atoms with Gasteiger partial charge in [-0.15, -0.1) is 23.5 Å². The summed E-state index contributed by atoms with van der Waals surface area (Å²) in [4.78, 5) is 27.7. The van der Waals surface area contributed by atoms with Gasteiger partial charge in [0, 0.05) is 23.3 Å². The van der Waals surface area contributed by atoms with Crippen molar-refractivity contribution in [2.45, 2.75) is 31.2 Å². The van der Waals surface area contributed by atoms with Crippen molar-refractivity contribution >= 4 is 41.4 Å². The van der Waals surface area contributed by atoms with Crippen molar-refractivity contribution in [2.75, 3.05) is 24.4 Å². The number of nitrogens with one attached hydrogen (secondary N) is 1. The minimum Gasteiger partial charge on any atom is -0.354 e. The molecule has 1 aromatic carbocycles. The Morgan fingerprint density at radius 3 is 2.72 bits per heavy atom. The van der Waals surface area contributed by atoms with E-state index in [9.17, 15) is 9.59 Å². The average molecular weight is 379 g/mol. The first kappa shape index (κ1) is 19.9. The molecule has 25 heavy (non-hydrogen) atoms. The van der Waals surface area contributed by atoms with Crippen molar-refractivity contribution in [3.05, 3.63) is 35.9 Å². The summed E-state index contributed by atoms with van der Waals surface area (Å²) in [6, 6.07) is 7.68. The number of rotatable bonds is 7. The molecule has 0 aromatic heterocycles. The van der Waals surface area contributed by atoms with Gasteiger partial charge in [0.05, 0.1) is 5.88 Å². The third kappa shape index (κ3) is 6.12. The molecule has 0 saturated carbocycles. The molecule has 136 valence electrons. The Labute approximate surface area is 158 Å². The first-order valence-corrected chi connectivity index (χ1v) is 10.9. The minimum atomic E-state index is -0.367. The summed E-state index contributed by atoms with van der Waals surface area (Å²) < 4.78 is 0. The standard InChI is InChI=1S/C19H26N2O2S2/c1-14(2)10-11-20-19(23)17-12-25-13-21(17)18(22)9-6-15-4-7-16(24-3)8-5-15/h4-9,14,17H,10-13H2,1-3H3,(H,20,23)/b9-6+. The molecule has 0 aliphatic carbocycles. The van der Waals surface area contributed by atoms with E-state index in [0.29, 0.717) is 24.1 Å². The van der Waals surface area contributed by atoms with Crippen molar-refractivity contribution in [2.24, 2.45) is 5.92 Å². The average Bonchev–Trinajstić information content (AvgIpc) is 3.09. The van der Waals surface area contributed by atoms with Gasteiger partial charge in [-0.25, -0.2) is 0 Å². The number of carbonyl (C=O) groups is 2. The summed E-state index contributed by atoms with van der Waals surface area (Å²) in [5.74, 6) is 1.63. The molecular weight excluding hydrogens is 352 g/mol. The van der Waals surface area contributed by atoms with Crippen LogP contribution in [0.15, 0.2) is 35.2 Å². The van der Waals surface area contributed by atoms with E-state index in [0.717, 1.165) is 12.0 Å². The molecule has 0 bridgehead atoms. The van der Waals surface area contributed by atoms with Crippen LogP contribution in [0.2, 0.25) is 0 Å². The van der Waals surface area contributed by atoms with Gasteiger partial charge in [0.1, 0.15) is 6.04 Å². The molecule has 4 nitrogen and oxygen atoms in total. The first-order valence-electron chi connectivity index (χ1n) is 8.49. The molecule has 1 unspecified atom stereocenters. The van der Waals surface area contributed by atoms with Crippen molar-refractivity contribution < 1.29 is 9.59 Å². The van der Waals surface area contributed by atoms with Crippen LogP contribution in [0.5, 0.6) is 0 Å². The van der Waals surface area contributed by atoms with Crippen LogP contribution in [0.3, 0.4) is 0 Å². The van der Waals surface area contributed by atoms with E-state index in [2.05, 4.69) is 19.2 Å². The van der Waals surface area contributed by atoms with Gasteiger partial charge in [0.15, 0.2) is 0 Å². The zero-order valence-corrected chi connectivity index (χ0v) is 16.7. The van der Waals surface area contributed by atoms with E-state index < -0.39 is 0 Å². The summed E-state index contributed by atoms with van der Waals surface area (Å²) in [6.45, 7) is 4.92. The topological polar surface area (TPSA) is 49.4 Å². The smallest absolute Gasteiger partial charge is 0.247 e. The fourth-order valence-corrected chi connectivity index (χ4v) is 4.03. The van der Waals surface area contributed by atoms with Gasteiger partial charge in [-0.05, 0) is 42.4 Å². The van der Waals surface area contributed by atoms with Crippen LogP contribution in [0.1, 0.15) is 25.8 Å². The maximum absolute atomic E-state index is 12.5. The molecule has 1 N–H and O–H groups in total. The number of hydrogen-bond acceptors (Lipinski definition) is 4. The molecule has 1 atom stereocenters. The van der Waals surface area contributed by atoms with E-state index >= 15 is 0 Å². The molecule has 1 saturated heterocycles. The summed E-state index contributed by atoms with van der Waals surface area (Å²) in [7, 11) is 0. The molecule has 0 radical (unpaired) electrons. The third-order valence-corrected chi connectivity index (χ3v) is 5.78. The monoisotopic (exact) mass is 378 g/mol. The summed E-state index contributed by atoms with van der Waals surface area (Å²) in [5.41, 5.74) is 0.982. The van der Waals surface area contributed by atoms with Crippen LogP contribution in [0.4, 0.5) is 0 Å². The summed E-state index contributed by atoms with van der Waals surface area (Å²) in [5, 5.41) is 2.95. The lowest BCUT2D eigenvalue weighted by molar-refractivity contribution is -0.134. The molecule has 6 heteroatoms. The highest BCUT2D eigenvalue weighted by Crippen LogP contribution is 2.22. The van der Waals surface area contributed by atoms with Crippen molar-refractivity contribution in [3.63, 3.8) is 0 Å². The molecule has 1 fully saturated rings. The second-order valence-electron chi connectivity index (χ2n) is 6.40. The third-order valence-electron chi connectivity index (χ3n) is 4.02. The number of benzene rings is 1. The van der Waals surface area contributed by atoms with E-state index in [1.165, 1.54) is 4.90 Å². The van der Waals surface area contributed by atoms with Crippen LogP contribution >= 0.6 is 23.5 Å². The zero-order valence-electron chi connectivity index (χ0n) is 15.0. The Morgan fingerprint density at radius 2 is 2.08 bits per heavy atom. The van der Waals surface area contributed by atoms with Gasteiger partial charge >= 0.3 is 0 Å². The minimum absolute atomic E-state index is 0.0447. The lowest BCUT2D eigenvalue weighted by atomic mass is 10.1. The van der Waals surface area contributed by atoms with Gasteiger partial charge < -0.3 is 10.2 Å². The van der Waals surface area contributed by atoms with Gasteiger partial charge in [0.2, 0.25) is 11.8 Å². The van der Waals surface area contributed by atoms with Crippen LogP contribution in [0, 0.1) is 5.92 Å². The Bertz CT molecular complexity index is 614. The number of amides is 2. The number of nitrogens with zero attached hydrogens (tertiary/aromatic N) is 1. The highest BCUT2D eigenvalue weighted by Gasteiger charge is 2.33. The van der Waals surface area contributed by atoms with E-state index in [1.807, 2.05) is 36.6 Å². The normalized spacial score (nSPS) is 17.4. The quantitative estimate of drug-likeness (QED) is 0.583. The van der Waals surface area contributed by atoms with Gasteiger partial charge in [-0.1, -0.05) is 26.0 Å². The Kier molecular flexibility index (Phi) is 7.90. The molecule has 2 rings (SSSR count). The molecule has 1 heterocycles. The lowest BCUT2D eigenvalue weighted by Crippen LogP contribution is -2.47. The maximum Gasteiger partial charge on any atom is 0.247 e. The zero-order chi connectivity index (χ0) is 18.2. The summed E-state index contributed by atoms with van der Waals surface area (Å²) >= 11 is 3.31. The maximum atomic E-state index is 12.5. The highest BCUT2D eigenvalue weighted by molar-refractivity contribution is 7.99. The summed E-state index contributed by atoms with van der Waals surface area (Å²) in [6.07, 6.45) is 6.36. The van der Waals surface area contributed by atoms with Crippen LogP contribution in [-0.2, 0) is 9.59 Å². The van der Waals surface area contributed by atoms with Gasteiger partial charge in [-0.3, -0.25) is 9.59 Å². The van der Waals surface area contributed by atoms with E-state index in [1.54, 1.807) is 34.5 Å². The molecule has 2 amide bonds. The second-order valence-corrected chi connectivity index (χ2v) is 8.28. The van der Waals surface area contributed by atoms with Crippen molar-refractivity contribution in [1.82, 2.24) is 10.2 Å². The molecule has 1 aliphatic heterocycles. The van der Waals surface area contributed by atoms with Crippen LogP contribution < -0.4 is 5.32 Å². The fraction of sp³-hybridized carbons (Fsp3) is 0.474. The molecular formula is C19H26N2O2S2.